The third-order valence-corrected chi connectivity index (χ3v) is 5.64. The van der Waals surface area contributed by atoms with Crippen LogP contribution in [0.25, 0.3) is 0 Å². The molecule has 1 aromatic rings. The van der Waals surface area contributed by atoms with Crippen LogP contribution in [0.2, 0.25) is 0 Å². The zero-order valence-electron chi connectivity index (χ0n) is 12.7. The lowest BCUT2D eigenvalue weighted by molar-refractivity contribution is 0.0894. The van der Waals surface area contributed by atoms with Gasteiger partial charge in [0.1, 0.15) is 0 Å². The maximum atomic E-state index is 12.1. The smallest absolute Gasteiger partial charge is 0.242 e. The molecule has 0 amide bonds. The van der Waals surface area contributed by atoms with Gasteiger partial charge in [-0.1, -0.05) is 0 Å². The average Bonchev–Trinajstić information content (AvgIpc) is 2.47. The van der Waals surface area contributed by atoms with Gasteiger partial charge in [0.15, 0.2) is 0 Å². The Bertz CT molecular complexity index is 601. The summed E-state index contributed by atoms with van der Waals surface area (Å²) in [7, 11) is 1.27. The van der Waals surface area contributed by atoms with E-state index < -0.39 is 10.0 Å². The van der Waals surface area contributed by atoms with Gasteiger partial charge in [-0.2, -0.15) is 0 Å². The molecular formula is C14H23N3O3S. The van der Waals surface area contributed by atoms with Crippen molar-refractivity contribution in [3.05, 3.63) is 18.2 Å². The first kappa shape index (κ1) is 16.1. The van der Waals surface area contributed by atoms with Crippen LogP contribution >= 0.6 is 0 Å². The van der Waals surface area contributed by atoms with Crippen molar-refractivity contribution in [3.63, 3.8) is 0 Å². The van der Waals surface area contributed by atoms with Crippen LogP contribution in [0, 0.1) is 0 Å². The number of ether oxygens (including phenoxy) is 1. The van der Waals surface area contributed by atoms with E-state index in [9.17, 15) is 8.42 Å². The van der Waals surface area contributed by atoms with Crippen LogP contribution in [0.3, 0.4) is 0 Å². The molecule has 1 heterocycles. The predicted molar refractivity (Wildman–Crippen MR) is 84.0 cm³/mol. The Kier molecular flexibility index (Phi) is 4.75. The minimum Gasteiger partial charge on any atom is -0.397 e. The fraction of sp³-hybridized carbons (Fsp3) is 0.571. The van der Waals surface area contributed by atoms with Crippen LogP contribution in [-0.4, -0.2) is 53.1 Å². The molecule has 1 unspecified atom stereocenters. The van der Waals surface area contributed by atoms with Crippen molar-refractivity contribution in [2.45, 2.75) is 23.8 Å². The Morgan fingerprint density at radius 1 is 1.38 bits per heavy atom. The van der Waals surface area contributed by atoms with Crippen LogP contribution in [0.1, 0.15) is 12.8 Å². The Labute approximate surface area is 126 Å². The largest absolute Gasteiger partial charge is 0.397 e. The summed E-state index contributed by atoms with van der Waals surface area (Å²) in [5, 5.41) is 0. The molecule has 0 spiro atoms. The van der Waals surface area contributed by atoms with Gasteiger partial charge in [-0.25, -0.2) is 12.7 Å². The Morgan fingerprint density at radius 2 is 2.10 bits per heavy atom. The molecule has 0 radical (unpaired) electrons. The number of hydrogen-bond acceptors (Lipinski definition) is 5. The summed E-state index contributed by atoms with van der Waals surface area (Å²) in [5.41, 5.74) is 7.42. The van der Waals surface area contributed by atoms with E-state index in [1.54, 1.807) is 19.2 Å². The number of piperidine rings is 1. The predicted octanol–water partition coefficient (Wildman–Crippen LogP) is 1.13. The summed E-state index contributed by atoms with van der Waals surface area (Å²) in [6.45, 7) is 1.68. The zero-order valence-corrected chi connectivity index (χ0v) is 13.6. The molecule has 0 bridgehead atoms. The van der Waals surface area contributed by atoms with Crippen molar-refractivity contribution in [1.29, 1.82) is 0 Å². The summed E-state index contributed by atoms with van der Waals surface area (Å²) < 4.78 is 30.8. The lowest BCUT2D eigenvalue weighted by atomic mass is 10.1. The molecule has 6 nitrogen and oxygen atoms in total. The van der Waals surface area contributed by atoms with E-state index in [0.29, 0.717) is 5.69 Å². The van der Waals surface area contributed by atoms with E-state index >= 15 is 0 Å². The molecule has 1 aliphatic heterocycles. The van der Waals surface area contributed by atoms with E-state index in [2.05, 4.69) is 4.90 Å². The second kappa shape index (κ2) is 6.21. The van der Waals surface area contributed by atoms with E-state index in [0.717, 1.165) is 31.6 Å². The fourth-order valence-electron chi connectivity index (χ4n) is 2.54. The summed E-state index contributed by atoms with van der Waals surface area (Å²) in [5.74, 6) is 0. The third-order valence-electron chi connectivity index (χ3n) is 3.83. The molecule has 0 aromatic heterocycles. The van der Waals surface area contributed by atoms with Crippen molar-refractivity contribution in [2.24, 2.45) is 0 Å². The van der Waals surface area contributed by atoms with Crippen molar-refractivity contribution < 1.29 is 13.2 Å². The summed E-state index contributed by atoms with van der Waals surface area (Å²) in [6.07, 6.45) is 2.28. The van der Waals surface area contributed by atoms with Gasteiger partial charge >= 0.3 is 0 Å². The number of nitrogens with two attached hydrogens (primary N) is 1. The van der Waals surface area contributed by atoms with Gasteiger partial charge < -0.3 is 15.4 Å². The molecular weight excluding hydrogens is 290 g/mol. The molecule has 2 rings (SSSR count). The summed E-state index contributed by atoms with van der Waals surface area (Å²) >= 11 is 0. The molecule has 0 aliphatic carbocycles. The van der Waals surface area contributed by atoms with E-state index in [4.69, 9.17) is 10.5 Å². The number of benzene rings is 1. The highest BCUT2D eigenvalue weighted by molar-refractivity contribution is 7.89. The minimum atomic E-state index is -3.45. The number of nitrogen functional groups attached to an aromatic ring is 1. The molecule has 21 heavy (non-hydrogen) atoms. The molecule has 118 valence electrons. The van der Waals surface area contributed by atoms with Gasteiger partial charge in [-0.3, -0.25) is 0 Å². The van der Waals surface area contributed by atoms with Crippen LogP contribution in [0.5, 0.6) is 0 Å². The number of nitrogens with zero attached hydrogens (tertiary/aromatic N) is 2. The number of methoxy groups -OCH3 is 1. The van der Waals surface area contributed by atoms with Crippen LogP contribution in [0.15, 0.2) is 23.1 Å². The van der Waals surface area contributed by atoms with Gasteiger partial charge in [0.05, 0.1) is 22.4 Å². The van der Waals surface area contributed by atoms with Gasteiger partial charge in [-0.15, -0.1) is 0 Å². The molecule has 1 saturated heterocycles. The first-order valence-electron chi connectivity index (χ1n) is 6.96. The van der Waals surface area contributed by atoms with Crippen LogP contribution < -0.4 is 10.6 Å². The van der Waals surface area contributed by atoms with Crippen LogP contribution in [0.4, 0.5) is 11.4 Å². The third kappa shape index (κ3) is 3.30. The van der Waals surface area contributed by atoms with E-state index in [1.807, 2.05) is 0 Å². The summed E-state index contributed by atoms with van der Waals surface area (Å²) in [4.78, 5) is 2.37. The van der Waals surface area contributed by atoms with Gasteiger partial charge in [0, 0.05) is 34.3 Å². The molecule has 0 saturated carbocycles. The number of hydrogen-bond donors (Lipinski definition) is 1. The average molecular weight is 313 g/mol. The lowest BCUT2D eigenvalue weighted by Crippen LogP contribution is -2.39. The SMILES string of the molecule is COC1CCCN(c2ccc(S(=O)(=O)N(C)C)cc2N)C1. The number of sulfonamides is 1. The second-order valence-corrected chi connectivity index (χ2v) is 7.61. The fourth-order valence-corrected chi connectivity index (χ4v) is 3.48. The maximum absolute atomic E-state index is 12.1. The monoisotopic (exact) mass is 313 g/mol. The topological polar surface area (TPSA) is 75.9 Å². The van der Waals surface area contributed by atoms with E-state index in [1.165, 1.54) is 24.5 Å². The van der Waals surface area contributed by atoms with Crippen molar-refractivity contribution in [2.75, 3.05) is 44.9 Å². The minimum absolute atomic E-state index is 0.198. The molecule has 1 fully saturated rings. The second-order valence-electron chi connectivity index (χ2n) is 5.45. The van der Waals surface area contributed by atoms with Crippen molar-refractivity contribution in [1.82, 2.24) is 4.31 Å². The standard InChI is InChI=1S/C14H23N3O3S/c1-16(2)21(18,19)12-6-7-14(13(15)9-12)17-8-4-5-11(10-17)20-3/h6-7,9,11H,4-5,8,10,15H2,1-3H3. The molecule has 1 aliphatic rings. The highest BCUT2D eigenvalue weighted by Crippen LogP contribution is 2.29. The van der Waals surface area contributed by atoms with Crippen molar-refractivity contribution >= 4 is 21.4 Å². The normalized spacial score (nSPS) is 20.0. The quantitative estimate of drug-likeness (QED) is 0.844. The van der Waals surface area contributed by atoms with E-state index in [-0.39, 0.29) is 11.0 Å². The van der Waals surface area contributed by atoms with Gasteiger partial charge in [0.2, 0.25) is 10.0 Å². The maximum Gasteiger partial charge on any atom is 0.242 e. The first-order valence-corrected chi connectivity index (χ1v) is 8.40. The Hall–Kier alpha value is -1.31. The first-order chi connectivity index (χ1) is 9.86. The molecule has 1 atom stereocenters. The van der Waals surface area contributed by atoms with Crippen molar-refractivity contribution in [3.8, 4) is 0 Å². The molecule has 1 aromatic carbocycles. The van der Waals surface area contributed by atoms with Gasteiger partial charge in [0.25, 0.3) is 0 Å². The Morgan fingerprint density at radius 3 is 2.67 bits per heavy atom. The van der Waals surface area contributed by atoms with Crippen LogP contribution in [-0.2, 0) is 14.8 Å². The lowest BCUT2D eigenvalue weighted by Gasteiger charge is -2.34. The number of rotatable bonds is 4. The Balaban J connectivity index is 2.28. The molecule has 2 N–H and O–H groups in total. The molecule has 7 heteroatoms. The van der Waals surface area contributed by atoms with Gasteiger partial charge in [-0.05, 0) is 31.0 Å². The highest BCUT2D eigenvalue weighted by Gasteiger charge is 2.23. The zero-order chi connectivity index (χ0) is 15.6. The number of anilines is 2. The highest BCUT2D eigenvalue weighted by atomic mass is 32.2. The summed E-state index contributed by atoms with van der Waals surface area (Å²) in [6, 6.07) is 4.92.